The molecule has 0 aromatic heterocycles. The zero-order chi connectivity index (χ0) is 11.5. The Morgan fingerprint density at radius 3 is 2.33 bits per heavy atom. The van der Waals surface area contributed by atoms with Crippen molar-refractivity contribution in [3.05, 3.63) is 46.0 Å². The Kier molecular flexibility index (Phi) is 4.12. The minimum Gasteiger partial charge on any atom is -0.386 e. The number of benzene rings is 1. The summed E-state index contributed by atoms with van der Waals surface area (Å²) in [6.45, 7) is 5.83. The van der Waals surface area contributed by atoms with Gasteiger partial charge in [0.1, 0.15) is 0 Å². The fraction of sp³-hybridized carbons (Fsp3) is 0.385. The summed E-state index contributed by atoms with van der Waals surface area (Å²) in [5, 5.41) is 10.1. The molecule has 0 saturated heterocycles. The molecule has 0 spiro atoms. The number of hydrogen-bond acceptors (Lipinski definition) is 1. The quantitative estimate of drug-likeness (QED) is 0.829. The maximum absolute atomic E-state index is 10.1. The molecule has 0 saturated carbocycles. The van der Waals surface area contributed by atoms with E-state index in [4.69, 9.17) is 0 Å². The number of halogens is 1. The van der Waals surface area contributed by atoms with Gasteiger partial charge in [-0.1, -0.05) is 39.7 Å². The molecule has 82 valence electrons. The fourth-order valence-corrected chi connectivity index (χ4v) is 1.95. The zero-order valence-corrected chi connectivity index (χ0v) is 11.0. The van der Waals surface area contributed by atoms with Gasteiger partial charge in [0.15, 0.2) is 0 Å². The van der Waals surface area contributed by atoms with Crippen molar-refractivity contribution in [3.8, 4) is 0 Å². The van der Waals surface area contributed by atoms with E-state index in [1.807, 2.05) is 51.1 Å². The van der Waals surface area contributed by atoms with E-state index in [-0.39, 0.29) is 0 Å². The van der Waals surface area contributed by atoms with Crippen LogP contribution in [-0.4, -0.2) is 10.7 Å². The van der Waals surface area contributed by atoms with Crippen LogP contribution in [-0.2, 0) is 6.42 Å². The van der Waals surface area contributed by atoms with Crippen molar-refractivity contribution in [2.24, 2.45) is 0 Å². The van der Waals surface area contributed by atoms with Gasteiger partial charge in [0.25, 0.3) is 0 Å². The first kappa shape index (κ1) is 12.5. The fourth-order valence-electron chi connectivity index (χ4n) is 1.69. The molecule has 15 heavy (non-hydrogen) atoms. The van der Waals surface area contributed by atoms with Crippen LogP contribution in [0.25, 0.3) is 0 Å². The summed E-state index contributed by atoms with van der Waals surface area (Å²) in [7, 11) is 0. The highest BCUT2D eigenvalue weighted by atomic mass is 79.9. The predicted molar refractivity (Wildman–Crippen MR) is 67.9 cm³/mol. The lowest BCUT2D eigenvalue weighted by atomic mass is 9.95. The molecule has 0 aliphatic rings. The van der Waals surface area contributed by atoms with E-state index >= 15 is 0 Å². The van der Waals surface area contributed by atoms with Gasteiger partial charge in [0.05, 0.1) is 5.60 Å². The second kappa shape index (κ2) is 4.95. The third-order valence-electron chi connectivity index (χ3n) is 2.07. The average molecular weight is 269 g/mol. The smallest absolute Gasteiger partial charge is 0.0842 e. The lowest BCUT2D eigenvalue weighted by molar-refractivity contribution is 0.111. The van der Waals surface area contributed by atoms with E-state index < -0.39 is 5.60 Å². The first-order valence-corrected chi connectivity index (χ1v) is 5.81. The van der Waals surface area contributed by atoms with Crippen LogP contribution in [0.15, 0.2) is 40.4 Å². The molecule has 0 fully saturated rings. The van der Waals surface area contributed by atoms with Crippen LogP contribution in [0.1, 0.15) is 26.3 Å². The van der Waals surface area contributed by atoms with Crippen LogP contribution in [0.3, 0.4) is 0 Å². The molecule has 1 N–H and O–H groups in total. The molecule has 0 aliphatic carbocycles. The standard InChI is InChI=1S/C13H17BrO/c1-10(2)8-13(3,15)9-11-4-6-12(14)7-5-11/h4-8,15H,9H2,1-3H3. The molecule has 1 rings (SSSR count). The maximum Gasteiger partial charge on any atom is 0.0842 e. The van der Waals surface area contributed by atoms with E-state index in [1.165, 1.54) is 0 Å². The monoisotopic (exact) mass is 268 g/mol. The van der Waals surface area contributed by atoms with Gasteiger partial charge < -0.3 is 5.11 Å². The van der Waals surface area contributed by atoms with Crippen molar-refractivity contribution >= 4 is 15.9 Å². The Morgan fingerprint density at radius 2 is 1.87 bits per heavy atom. The predicted octanol–water partition coefficient (Wildman–Crippen LogP) is 3.71. The summed E-state index contributed by atoms with van der Waals surface area (Å²) in [5.41, 5.74) is 1.52. The lowest BCUT2D eigenvalue weighted by Gasteiger charge is -2.19. The Labute approximate surface area is 100.0 Å². The molecule has 0 aliphatic heterocycles. The zero-order valence-electron chi connectivity index (χ0n) is 9.42. The summed E-state index contributed by atoms with van der Waals surface area (Å²) in [4.78, 5) is 0. The number of rotatable bonds is 3. The molecule has 1 atom stereocenters. The van der Waals surface area contributed by atoms with Crippen LogP contribution in [0.4, 0.5) is 0 Å². The topological polar surface area (TPSA) is 20.2 Å². The highest BCUT2D eigenvalue weighted by molar-refractivity contribution is 9.10. The number of allylic oxidation sites excluding steroid dienone is 1. The van der Waals surface area contributed by atoms with E-state index in [9.17, 15) is 5.11 Å². The maximum atomic E-state index is 10.1. The van der Waals surface area contributed by atoms with Crippen molar-refractivity contribution in [1.29, 1.82) is 0 Å². The molecule has 0 heterocycles. The molecule has 1 aromatic carbocycles. The van der Waals surface area contributed by atoms with Crippen molar-refractivity contribution < 1.29 is 5.11 Å². The molecule has 1 unspecified atom stereocenters. The first-order valence-electron chi connectivity index (χ1n) is 5.02. The lowest BCUT2D eigenvalue weighted by Crippen LogP contribution is -2.24. The van der Waals surface area contributed by atoms with Crippen molar-refractivity contribution in [2.75, 3.05) is 0 Å². The number of aliphatic hydroxyl groups is 1. The van der Waals surface area contributed by atoms with Gasteiger partial charge in [0.2, 0.25) is 0 Å². The molecule has 1 aromatic rings. The molecule has 0 amide bonds. The number of hydrogen-bond donors (Lipinski definition) is 1. The van der Waals surface area contributed by atoms with Crippen LogP contribution in [0.2, 0.25) is 0 Å². The van der Waals surface area contributed by atoms with Crippen LogP contribution >= 0.6 is 15.9 Å². The van der Waals surface area contributed by atoms with Crippen LogP contribution in [0.5, 0.6) is 0 Å². The Bertz CT molecular complexity index is 345. The Hall–Kier alpha value is -0.600. The van der Waals surface area contributed by atoms with E-state index in [2.05, 4.69) is 15.9 Å². The SMILES string of the molecule is CC(C)=CC(C)(O)Cc1ccc(Br)cc1. The molecule has 2 heteroatoms. The molecule has 0 bridgehead atoms. The van der Waals surface area contributed by atoms with Crippen molar-refractivity contribution in [1.82, 2.24) is 0 Å². The van der Waals surface area contributed by atoms with E-state index in [0.29, 0.717) is 6.42 Å². The summed E-state index contributed by atoms with van der Waals surface area (Å²) >= 11 is 3.39. The summed E-state index contributed by atoms with van der Waals surface area (Å²) < 4.78 is 1.06. The molecular formula is C13H17BrO. The summed E-state index contributed by atoms with van der Waals surface area (Å²) in [6.07, 6.45) is 2.54. The van der Waals surface area contributed by atoms with Gasteiger partial charge in [-0.25, -0.2) is 0 Å². The van der Waals surface area contributed by atoms with Crippen LogP contribution in [0, 0.1) is 0 Å². The first-order chi connectivity index (χ1) is 6.89. The summed E-state index contributed by atoms with van der Waals surface area (Å²) in [6, 6.07) is 8.04. The molecule has 1 nitrogen and oxygen atoms in total. The third kappa shape index (κ3) is 4.63. The highest BCUT2D eigenvalue weighted by Crippen LogP contribution is 2.18. The van der Waals surface area contributed by atoms with Gasteiger partial charge in [-0.2, -0.15) is 0 Å². The second-order valence-corrected chi connectivity index (χ2v) is 5.30. The Balaban J connectivity index is 2.77. The van der Waals surface area contributed by atoms with Crippen molar-refractivity contribution in [3.63, 3.8) is 0 Å². The highest BCUT2D eigenvalue weighted by Gasteiger charge is 2.17. The molecule has 0 radical (unpaired) electrons. The van der Waals surface area contributed by atoms with Gasteiger partial charge in [0, 0.05) is 10.9 Å². The average Bonchev–Trinajstić information content (AvgIpc) is 2.06. The Morgan fingerprint density at radius 1 is 1.33 bits per heavy atom. The normalized spacial score (nSPS) is 14.5. The van der Waals surface area contributed by atoms with Crippen LogP contribution < -0.4 is 0 Å². The van der Waals surface area contributed by atoms with Gasteiger partial charge in [-0.05, 0) is 38.5 Å². The summed E-state index contributed by atoms with van der Waals surface area (Å²) in [5.74, 6) is 0. The minimum atomic E-state index is -0.757. The third-order valence-corrected chi connectivity index (χ3v) is 2.60. The minimum absolute atomic E-state index is 0.644. The largest absolute Gasteiger partial charge is 0.386 e. The van der Waals surface area contributed by atoms with Crippen molar-refractivity contribution in [2.45, 2.75) is 32.8 Å². The van der Waals surface area contributed by atoms with Gasteiger partial charge in [-0.3, -0.25) is 0 Å². The second-order valence-electron chi connectivity index (χ2n) is 4.38. The molecular weight excluding hydrogens is 252 g/mol. The van der Waals surface area contributed by atoms with E-state index in [0.717, 1.165) is 15.6 Å². The van der Waals surface area contributed by atoms with Gasteiger partial charge in [-0.15, -0.1) is 0 Å². The van der Waals surface area contributed by atoms with E-state index in [1.54, 1.807) is 0 Å². The van der Waals surface area contributed by atoms with Gasteiger partial charge >= 0.3 is 0 Å².